The van der Waals surface area contributed by atoms with Crippen LogP contribution in [0.4, 0.5) is 5.69 Å². The van der Waals surface area contributed by atoms with E-state index in [4.69, 9.17) is 21.1 Å². The van der Waals surface area contributed by atoms with Crippen LogP contribution < -0.4 is 15.5 Å². The van der Waals surface area contributed by atoms with Crippen LogP contribution in [0.5, 0.6) is 0 Å². The number of hydrogen-bond donors (Lipinski definition) is 2. The van der Waals surface area contributed by atoms with Gasteiger partial charge in [0.25, 0.3) is 0 Å². The highest BCUT2D eigenvalue weighted by molar-refractivity contribution is 14.0. The first-order chi connectivity index (χ1) is 14.1. The van der Waals surface area contributed by atoms with E-state index in [-0.39, 0.29) is 29.9 Å². The SMILES string of the molecule is CCNC(=NCCc1nc(C(C)C)no1)NC1CCCN(c2ccccc2Cl)C1.I. The summed E-state index contributed by atoms with van der Waals surface area (Å²) in [5.74, 6) is 2.47. The van der Waals surface area contributed by atoms with Crippen molar-refractivity contribution in [2.75, 3.05) is 31.1 Å². The lowest BCUT2D eigenvalue weighted by Crippen LogP contribution is -2.51. The quantitative estimate of drug-likeness (QED) is 0.307. The topological polar surface area (TPSA) is 78.6 Å². The number of nitrogens with zero attached hydrogens (tertiary/aromatic N) is 4. The number of anilines is 1. The lowest BCUT2D eigenvalue weighted by Gasteiger charge is -2.35. The number of piperidine rings is 1. The highest BCUT2D eigenvalue weighted by Crippen LogP contribution is 2.27. The number of halogens is 2. The van der Waals surface area contributed by atoms with Crippen molar-refractivity contribution < 1.29 is 4.52 Å². The Bertz CT molecular complexity index is 812. The molecule has 1 fully saturated rings. The third-order valence-corrected chi connectivity index (χ3v) is 5.21. The molecule has 0 spiro atoms. The lowest BCUT2D eigenvalue weighted by molar-refractivity contribution is 0.372. The number of aromatic nitrogens is 2. The molecule has 7 nitrogen and oxygen atoms in total. The molecule has 2 heterocycles. The minimum absolute atomic E-state index is 0. The Labute approximate surface area is 201 Å². The van der Waals surface area contributed by atoms with Gasteiger partial charge in [0.05, 0.1) is 17.3 Å². The zero-order valence-corrected chi connectivity index (χ0v) is 21.0. The highest BCUT2D eigenvalue weighted by atomic mass is 127. The van der Waals surface area contributed by atoms with E-state index in [0.717, 1.165) is 55.0 Å². The second kappa shape index (κ2) is 12.3. The normalized spacial score (nSPS) is 17.0. The van der Waals surface area contributed by atoms with Crippen LogP contribution in [0.15, 0.2) is 33.8 Å². The van der Waals surface area contributed by atoms with Crippen molar-refractivity contribution in [2.24, 2.45) is 4.99 Å². The molecule has 1 aliphatic rings. The summed E-state index contributed by atoms with van der Waals surface area (Å²) in [6.07, 6.45) is 2.85. The summed E-state index contributed by atoms with van der Waals surface area (Å²) in [6, 6.07) is 8.34. The van der Waals surface area contributed by atoms with E-state index in [1.54, 1.807) is 0 Å². The summed E-state index contributed by atoms with van der Waals surface area (Å²) in [5, 5.41) is 11.7. The first-order valence-corrected chi connectivity index (χ1v) is 10.8. The molecule has 30 heavy (non-hydrogen) atoms. The minimum atomic E-state index is 0. The van der Waals surface area contributed by atoms with Crippen LogP contribution in [-0.4, -0.2) is 48.3 Å². The van der Waals surface area contributed by atoms with Gasteiger partial charge in [-0.2, -0.15) is 4.98 Å². The number of nitrogens with one attached hydrogen (secondary N) is 2. The average Bonchev–Trinajstić information content (AvgIpc) is 3.18. The second-order valence-corrected chi connectivity index (χ2v) is 8.00. The van der Waals surface area contributed by atoms with Gasteiger partial charge >= 0.3 is 0 Å². The fourth-order valence-corrected chi connectivity index (χ4v) is 3.66. The first kappa shape index (κ1) is 24.7. The first-order valence-electron chi connectivity index (χ1n) is 10.4. The molecule has 166 valence electrons. The van der Waals surface area contributed by atoms with Gasteiger partial charge in [0, 0.05) is 38.0 Å². The molecule has 1 atom stereocenters. The van der Waals surface area contributed by atoms with Gasteiger partial charge in [-0.3, -0.25) is 4.99 Å². The highest BCUT2D eigenvalue weighted by Gasteiger charge is 2.22. The maximum atomic E-state index is 6.39. The molecule has 1 aromatic heterocycles. The standard InChI is InChI=1S/C21H31ClN6O.HI/c1-4-23-21(24-12-11-19-26-20(15(2)3)27-29-19)25-16-8-7-13-28(14-16)18-10-6-5-9-17(18)22;/h5-6,9-10,15-16H,4,7-8,11-14H2,1-3H3,(H2,23,24,25);1H. The third kappa shape index (κ3) is 7.01. The smallest absolute Gasteiger partial charge is 0.228 e. The molecule has 2 N–H and O–H groups in total. The van der Waals surface area contributed by atoms with Gasteiger partial charge in [-0.15, -0.1) is 24.0 Å². The Balaban J connectivity index is 0.00000320. The van der Waals surface area contributed by atoms with Crippen molar-refractivity contribution >= 4 is 47.2 Å². The molecule has 1 unspecified atom stereocenters. The summed E-state index contributed by atoms with van der Waals surface area (Å²) < 4.78 is 5.30. The molecule has 1 aliphatic heterocycles. The van der Waals surface area contributed by atoms with Crippen LogP contribution in [0, 0.1) is 0 Å². The molecular formula is C21H32ClIN6O. The van der Waals surface area contributed by atoms with Crippen molar-refractivity contribution in [3.63, 3.8) is 0 Å². The molecule has 0 saturated carbocycles. The Morgan fingerprint density at radius 1 is 1.37 bits per heavy atom. The monoisotopic (exact) mass is 546 g/mol. The van der Waals surface area contributed by atoms with Crippen molar-refractivity contribution in [2.45, 2.75) is 52.0 Å². The van der Waals surface area contributed by atoms with Crippen LogP contribution in [-0.2, 0) is 6.42 Å². The van der Waals surface area contributed by atoms with Crippen LogP contribution in [0.3, 0.4) is 0 Å². The van der Waals surface area contributed by atoms with Crippen LogP contribution in [0.25, 0.3) is 0 Å². The number of benzene rings is 1. The molecule has 0 bridgehead atoms. The molecule has 2 aromatic rings. The van der Waals surface area contributed by atoms with Gasteiger partial charge in [0.15, 0.2) is 11.8 Å². The van der Waals surface area contributed by atoms with Crippen molar-refractivity contribution in [1.29, 1.82) is 0 Å². The van der Waals surface area contributed by atoms with Crippen molar-refractivity contribution in [3.8, 4) is 0 Å². The summed E-state index contributed by atoms with van der Waals surface area (Å²) in [5.41, 5.74) is 1.10. The van der Waals surface area contributed by atoms with Gasteiger partial charge in [0.1, 0.15) is 0 Å². The maximum absolute atomic E-state index is 6.39. The zero-order chi connectivity index (χ0) is 20.6. The summed E-state index contributed by atoms with van der Waals surface area (Å²) in [7, 11) is 0. The van der Waals surface area contributed by atoms with Gasteiger partial charge < -0.3 is 20.1 Å². The molecule has 3 rings (SSSR count). The van der Waals surface area contributed by atoms with Gasteiger partial charge in [-0.05, 0) is 31.9 Å². The molecule has 0 aliphatic carbocycles. The van der Waals surface area contributed by atoms with E-state index >= 15 is 0 Å². The number of para-hydroxylation sites is 1. The number of rotatable bonds is 7. The summed E-state index contributed by atoms with van der Waals surface area (Å²) >= 11 is 6.39. The molecular weight excluding hydrogens is 515 g/mol. The predicted octanol–water partition coefficient (Wildman–Crippen LogP) is 4.23. The Hall–Kier alpha value is -1.55. The van der Waals surface area contributed by atoms with E-state index in [2.05, 4.69) is 52.5 Å². The fourth-order valence-electron chi connectivity index (χ4n) is 3.40. The maximum Gasteiger partial charge on any atom is 0.228 e. The van der Waals surface area contributed by atoms with E-state index in [1.807, 2.05) is 18.2 Å². The minimum Gasteiger partial charge on any atom is -0.368 e. The number of hydrogen-bond acceptors (Lipinski definition) is 5. The average molecular weight is 547 g/mol. The fraction of sp³-hybridized carbons (Fsp3) is 0.571. The number of guanidine groups is 1. The third-order valence-electron chi connectivity index (χ3n) is 4.90. The van der Waals surface area contributed by atoms with Crippen molar-refractivity contribution in [3.05, 3.63) is 41.0 Å². The van der Waals surface area contributed by atoms with Gasteiger partial charge in [-0.25, -0.2) is 0 Å². The van der Waals surface area contributed by atoms with E-state index in [9.17, 15) is 0 Å². The largest absolute Gasteiger partial charge is 0.368 e. The van der Waals surface area contributed by atoms with Crippen LogP contribution in [0.2, 0.25) is 5.02 Å². The molecule has 9 heteroatoms. The molecule has 0 radical (unpaired) electrons. The Morgan fingerprint density at radius 2 is 2.17 bits per heavy atom. The zero-order valence-electron chi connectivity index (χ0n) is 17.9. The van der Waals surface area contributed by atoms with Crippen LogP contribution >= 0.6 is 35.6 Å². The van der Waals surface area contributed by atoms with Gasteiger partial charge in [-0.1, -0.05) is 42.7 Å². The summed E-state index contributed by atoms with van der Waals surface area (Å²) in [4.78, 5) is 11.5. The number of aliphatic imine (C=N–C) groups is 1. The molecule has 1 saturated heterocycles. The molecule has 0 amide bonds. The second-order valence-electron chi connectivity index (χ2n) is 7.59. The van der Waals surface area contributed by atoms with E-state index in [0.29, 0.717) is 24.9 Å². The van der Waals surface area contributed by atoms with Gasteiger partial charge in [0.2, 0.25) is 5.89 Å². The van der Waals surface area contributed by atoms with Crippen molar-refractivity contribution in [1.82, 2.24) is 20.8 Å². The van der Waals surface area contributed by atoms with E-state index < -0.39 is 0 Å². The Morgan fingerprint density at radius 3 is 2.87 bits per heavy atom. The predicted molar refractivity (Wildman–Crippen MR) is 133 cm³/mol. The molecule has 1 aromatic carbocycles. The van der Waals surface area contributed by atoms with Crippen LogP contribution in [0.1, 0.15) is 51.2 Å². The summed E-state index contributed by atoms with van der Waals surface area (Å²) in [6.45, 7) is 9.49. The lowest BCUT2D eigenvalue weighted by atomic mass is 10.0. The Kier molecular flexibility index (Phi) is 10.2. The van der Waals surface area contributed by atoms with E-state index in [1.165, 1.54) is 0 Å².